The lowest BCUT2D eigenvalue weighted by molar-refractivity contribution is -0.128. The molecular formula is C16H13ClO4. The molecule has 0 spiro atoms. The van der Waals surface area contributed by atoms with Gasteiger partial charge in [-0.1, -0.05) is 18.2 Å². The maximum Gasteiger partial charge on any atom is 0.336 e. The number of hydrogen-bond donors (Lipinski definition) is 2. The third-order valence-electron chi connectivity index (χ3n) is 2.71. The number of phenolic OH excluding ortho intramolecular Hbond substituents is 2. The Morgan fingerprint density at radius 1 is 1.10 bits per heavy atom. The van der Waals surface area contributed by atoms with E-state index in [-0.39, 0.29) is 11.5 Å². The van der Waals surface area contributed by atoms with Crippen LogP contribution in [0, 0.1) is 0 Å². The molecule has 0 saturated carbocycles. The molecule has 0 radical (unpaired) electrons. The number of ether oxygens (including phenoxy) is 1. The highest BCUT2D eigenvalue weighted by Gasteiger charge is 2.02. The van der Waals surface area contributed by atoms with Gasteiger partial charge < -0.3 is 14.9 Å². The number of carbonyl (C=O) groups is 1. The van der Waals surface area contributed by atoms with Crippen LogP contribution >= 0.6 is 11.6 Å². The smallest absolute Gasteiger partial charge is 0.336 e. The van der Waals surface area contributed by atoms with Crippen LogP contribution in [0.3, 0.4) is 0 Å². The van der Waals surface area contributed by atoms with Crippen LogP contribution in [0.4, 0.5) is 0 Å². The molecule has 0 aromatic heterocycles. The van der Waals surface area contributed by atoms with E-state index in [0.29, 0.717) is 17.2 Å². The molecule has 2 rings (SSSR count). The maximum absolute atomic E-state index is 11.6. The van der Waals surface area contributed by atoms with Crippen LogP contribution in [0.5, 0.6) is 17.2 Å². The second kappa shape index (κ2) is 6.81. The summed E-state index contributed by atoms with van der Waals surface area (Å²) in [5.41, 5.74) is 1.51. The Kier molecular flexibility index (Phi) is 4.85. The van der Waals surface area contributed by atoms with E-state index in [1.807, 2.05) is 0 Å². The first-order valence-corrected chi connectivity index (χ1v) is 6.69. The topological polar surface area (TPSA) is 66.8 Å². The third-order valence-corrected chi connectivity index (χ3v) is 3.02. The summed E-state index contributed by atoms with van der Waals surface area (Å²) in [6, 6.07) is 11.1. The first-order valence-electron chi connectivity index (χ1n) is 6.15. The Hall–Kier alpha value is -2.46. The van der Waals surface area contributed by atoms with Crippen molar-refractivity contribution in [3.05, 3.63) is 59.7 Å². The SMILES string of the molecule is O=C(C=Cc1ccc(O)c(O)c1)Oc1ccc(CCl)cc1. The zero-order chi connectivity index (χ0) is 15.2. The van der Waals surface area contributed by atoms with E-state index in [1.54, 1.807) is 30.3 Å². The Morgan fingerprint density at radius 3 is 2.43 bits per heavy atom. The van der Waals surface area contributed by atoms with Gasteiger partial charge in [-0.15, -0.1) is 11.6 Å². The molecule has 0 atom stereocenters. The molecule has 108 valence electrons. The first-order chi connectivity index (χ1) is 10.1. The maximum atomic E-state index is 11.6. The van der Waals surface area contributed by atoms with Crippen LogP contribution < -0.4 is 4.74 Å². The predicted molar refractivity (Wildman–Crippen MR) is 80.4 cm³/mol. The predicted octanol–water partition coefficient (Wildman–Crippen LogP) is 3.46. The van der Waals surface area contributed by atoms with E-state index in [1.165, 1.54) is 24.3 Å². The van der Waals surface area contributed by atoms with Gasteiger partial charge in [0.2, 0.25) is 0 Å². The van der Waals surface area contributed by atoms with Crippen molar-refractivity contribution in [3.63, 3.8) is 0 Å². The van der Waals surface area contributed by atoms with Gasteiger partial charge in [-0.25, -0.2) is 4.79 Å². The summed E-state index contributed by atoms with van der Waals surface area (Å²) in [5.74, 6) is -0.178. The lowest BCUT2D eigenvalue weighted by Gasteiger charge is -2.02. The largest absolute Gasteiger partial charge is 0.504 e. The first kappa shape index (κ1) is 14.9. The highest BCUT2D eigenvalue weighted by molar-refractivity contribution is 6.17. The minimum absolute atomic E-state index is 0.214. The zero-order valence-electron chi connectivity index (χ0n) is 11.0. The van der Waals surface area contributed by atoms with Crippen LogP contribution in [0.15, 0.2) is 48.5 Å². The summed E-state index contributed by atoms with van der Waals surface area (Å²) in [6.07, 6.45) is 2.72. The number of benzene rings is 2. The number of rotatable bonds is 4. The molecule has 2 aromatic carbocycles. The van der Waals surface area contributed by atoms with Gasteiger partial charge in [0.25, 0.3) is 0 Å². The van der Waals surface area contributed by atoms with Crippen molar-refractivity contribution in [2.75, 3.05) is 0 Å². The standard InChI is InChI=1S/C16H13ClO4/c17-10-12-1-5-13(6-2-12)21-16(20)8-4-11-3-7-14(18)15(19)9-11/h1-9,18-19H,10H2. The fourth-order valence-corrected chi connectivity index (χ4v) is 1.78. The minimum Gasteiger partial charge on any atom is -0.504 e. The molecule has 0 aliphatic carbocycles. The monoisotopic (exact) mass is 304 g/mol. The summed E-state index contributed by atoms with van der Waals surface area (Å²) in [5, 5.41) is 18.5. The summed E-state index contributed by atoms with van der Waals surface area (Å²) >= 11 is 5.67. The van der Waals surface area contributed by atoms with Gasteiger partial charge in [0.05, 0.1) is 0 Å². The lowest BCUT2D eigenvalue weighted by Crippen LogP contribution is -2.03. The molecule has 2 N–H and O–H groups in total. The second-order valence-corrected chi connectivity index (χ2v) is 4.55. The summed E-state index contributed by atoms with van der Waals surface area (Å²) in [7, 11) is 0. The molecule has 2 aromatic rings. The van der Waals surface area contributed by atoms with E-state index in [2.05, 4.69) is 0 Å². The molecule has 0 amide bonds. The number of carbonyl (C=O) groups excluding carboxylic acids is 1. The van der Waals surface area contributed by atoms with Gasteiger partial charge in [0, 0.05) is 12.0 Å². The fourth-order valence-electron chi connectivity index (χ4n) is 1.61. The third kappa shape index (κ3) is 4.26. The van der Waals surface area contributed by atoms with Crippen molar-refractivity contribution in [2.45, 2.75) is 5.88 Å². The normalized spacial score (nSPS) is 10.7. The molecule has 0 unspecified atom stereocenters. The van der Waals surface area contributed by atoms with Crippen LogP contribution in [-0.2, 0) is 10.7 Å². The number of hydrogen-bond acceptors (Lipinski definition) is 4. The van der Waals surface area contributed by atoms with Crippen LogP contribution in [0.2, 0.25) is 0 Å². The van der Waals surface area contributed by atoms with Crippen molar-refractivity contribution in [1.82, 2.24) is 0 Å². The molecule has 21 heavy (non-hydrogen) atoms. The Morgan fingerprint density at radius 2 is 1.81 bits per heavy atom. The number of halogens is 1. The second-order valence-electron chi connectivity index (χ2n) is 4.28. The van der Waals surface area contributed by atoms with E-state index in [4.69, 9.17) is 16.3 Å². The fraction of sp³-hybridized carbons (Fsp3) is 0.0625. The average Bonchev–Trinajstić information content (AvgIpc) is 2.49. The molecule has 0 fully saturated rings. The summed E-state index contributed by atoms with van der Waals surface area (Å²) in [4.78, 5) is 11.6. The van der Waals surface area contributed by atoms with E-state index < -0.39 is 5.97 Å². The number of alkyl halides is 1. The highest BCUT2D eigenvalue weighted by atomic mass is 35.5. The minimum atomic E-state index is -0.541. The molecule has 0 heterocycles. The lowest BCUT2D eigenvalue weighted by atomic mass is 10.2. The van der Waals surface area contributed by atoms with Crippen molar-refractivity contribution < 1.29 is 19.7 Å². The van der Waals surface area contributed by atoms with E-state index >= 15 is 0 Å². The van der Waals surface area contributed by atoms with Gasteiger partial charge in [-0.2, -0.15) is 0 Å². The Balaban J connectivity index is 1.99. The van der Waals surface area contributed by atoms with E-state index in [9.17, 15) is 15.0 Å². The van der Waals surface area contributed by atoms with Gasteiger partial charge in [0.1, 0.15) is 5.75 Å². The van der Waals surface area contributed by atoms with Gasteiger partial charge in [-0.3, -0.25) is 0 Å². The molecule has 0 aliphatic rings. The molecule has 0 saturated heterocycles. The van der Waals surface area contributed by atoms with Crippen molar-refractivity contribution in [1.29, 1.82) is 0 Å². The van der Waals surface area contributed by atoms with Crippen molar-refractivity contribution in [3.8, 4) is 17.2 Å². The number of phenols is 2. The van der Waals surface area contributed by atoms with Crippen LogP contribution in [0.1, 0.15) is 11.1 Å². The number of aromatic hydroxyl groups is 2. The summed E-state index contributed by atoms with van der Waals surface area (Å²) < 4.78 is 5.11. The molecule has 5 heteroatoms. The Labute approximate surface area is 126 Å². The van der Waals surface area contributed by atoms with Crippen molar-refractivity contribution in [2.24, 2.45) is 0 Å². The van der Waals surface area contributed by atoms with E-state index in [0.717, 1.165) is 5.56 Å². The summed E-state index contributed by atoms with van der Waals surface area (Å²) in [6.45, 7) is 0. The molecule has 4 nitrogen and oxygen atoms in total. The quantitative estimate of drug-likeness (QED) is 0.298. The Bertz CT molecular complexity index is 662. The van der Waals surface area contributed by atoms with Gasteiger partial charge in [0.15, 0.2) is 11.5 Å². The average molecular weight is 305 g/mol. The van der Waals surface area contributed by atoms with Gasteiger partial charge in [-0.05, 0) is 41.5 Å². The van der Waals surface area contributed by atoms with Gasteiger partial charge >= 0.3 is 5.97 Å². The molecule has 0 aliphatic heterocycles. The number of esters is 1. The zero-order valence-corrected chi connectivity index (χ0v) is 11.7. The van der Waals surface area contributed by atoms with Crippen molar-refractivity contribution >= 4 is 23.6 Å². The van der Waals surface area contributed by atoms with Crippen LogP contribution in [0.25, 0.3) is 6.08 Å². The highest BCUT2D eigenvalue weighted by Crippen LogP contribution is 2.25. The van der Waals surface area contributed by atoms with Crippen LogP contribution in [-0.4, -0.2) is 16.2 Å². The molecule has 0 bridgehead atoms. The molecular weight excluding hydrogens is 292 g/mol.